The normalized spacial score (nSPS) is 13.6. The van der Waals surface area contributed by atoms with Crippen LogP contribution in [-0.2, 0) is 11.3 Å². The zero-order chi connectivity index (χ0) is 25.9. The summed E-state index contributed by atoms with van der Waals surface area (Å²) in [7, 11) is 0. The second kappa shape index (κ2) is 10.9. The molecule has 0 radical (unpaired) electrons. The van der Waals surface area contributed by atoms with E-state index in [9.17, 15) is 4.39 Å². The van der Waals surface area contributed by atoms with E-state index in [0.717, 1.165) is 58.2 Å². The molecule has 1 aliphatic heterocycles. The van der Waals surface area contributed by atoms with Crippen molar-refractivity contribution < 1.29 is 13.9 Å². The van der Waals surface area contributed by atoms with E-state index in [1.54, 1.807) is 41.9 Å². The van der Waals surface area contributed by atoms with Gasteiger partial charge < -0.3 is 19.7 Å². The third-order valence-corrected chi connectivity index (χ3v) is 7.70. The Morgan fingerprint density at radius 1 is 1.00 bits per heavy atom. The summed E-state index contributed by atoms with van der Waals surface area (Å²) in [6.07, 6.45) is 1.56. The molecule has 2 aromatic heterocycles. The Kier molecular flexibility index (Phi) is 7.09. The van der Waals surface area contributed by atoms with Crippen molar-refractivity contribution >= 4 is 50.3 Å². The number of hydrogen-bond donors (Lipinski definition) is 1. The Labute approximate surface area is 228 Å². The zero-order valence-electron chi connectivity index (χ0n) is 20.4. The Morgan fingerprint density at radius 2 is 1.87 bits per heavy atom. The summed E-state index contributed by atoms with van der Waals surface area (Å²) in [5.41, 5.74) is 3.85. The van der Waals surface area contributed by atoms with Gasteiger partial charge in [0.15, 0.2) is 0 Å². The third-order valence-electron chi connectivity index (χ3n) is 6.31. The van der Waals surface area contributed by atoms with Crippen LogP contribution >= 0.6 is 22.9 Å². The molecule has 6 rings (SSSR count). The Balaban J connectivity index is 1.21. The highest BCUT2D eigenvalue weighted by Crippen LogP contribution is 2.38. The number of ether oxygens (including phenoxy) is 2. The van der Waals surface area contributed by atoms with Gasteiger partial charge >= 0.3 is 0 Å². The molecule has 38 heavy (non-hydrogen) atoms. The Hall–Kier alpha value is -3.72. The van der Waals surface area contributed by atoms with Gasteiger partial charge in [-0.1, -0.05) is 35.9 Å². The van der Waals surface area contributed by atoms with Gasteiger partial charge in [-0.05, 0) is 59.7 Å². The molecule has 1 saturated heterocycles. The Bertz CT molecular complexity index is 1590. The summed E-state index contributed by atoms with van der Waals surface area (Å²) >= 11 is 8.13. The lowest BCUT2D eigenvalue weighted by Crippen LogP contribution is -2.36. The Morgan fingerprint density at radius 3 is 2.71 bits per heavy atom. The maximum atomic E-state index is 13.4. The average molecular weight is 547 g/mol. The van der Waals surface area contributed by atoms with Crippen LogP contribution in [0.3, 0.4) is 0 Å². The van der Waals surface area contributed by atoms with E-state index in [-0.39, 0.29) is 12.4 Å². The van der Waals surface area contributed by atoms with Crippen LogP contribution in [-0.4, -0.2) is 36.3 Å². The zero-order valence-corrected chi connectivity index (χ0v) is 21.9. The van der Waals surface area contributed by atoms with E-state index in [4.69, 9.17) is 21.1 Å². The molecule has 0 unspecified atom stereocenters. The van der Waals surface area contributed by atoms with Crippen LogP contribution in [0.25, 0.3) is 20.7 Å². The van der Waals surface area contributed by atoms with Crippen molar-refractivity contribution in [3.05, 3.63) is 95.5 Å². The predicted octanol–water partition coefficient (Wildman–Crippen LogP) is 7.31. The van der Waals surface area contributed by atoms with Crippen LogP contribution in [0.5, 0.6) is 5.75 Å². The van der Waals surface area contributed by atoms with E-state index in [1.165, 1.54) is 17.8 Å². The average Bonchev–Trinajstić information content (AvgIpc) is 3.39. The van der Waals surface area contributed by atoms with Crippen LogP contribution in [0.2, 0.25) is 5.02 Å². The van der Waals surface area contributed by atoms with Crippen LogP contribution < -0.4 is 15.0 Å². The third kappa shape index (κ3) is 5.43. The first-order valence-corrected chi connectivity index (χ1v) is 13.4. The van der Waals surface area contributed by atoms with Crippen molar-refractivity contribution in [1.29, 1.82) is 0 Å². The van der Waals surface area contributed by atoms with Crippen LogP contribution in [0.1, 0.15) is 5.56 Å². The number of nitrogens with zero attached hydrogens (tertiary/aromatic N) is 3. The predicted molar refractivity (Wildman–Crippen MR) is 151 cm³/mol. The molecule has 1 N–H and O–H groups in total. The number of aromatic nitrogens is 2. The topological polar surface area (TPSA) is 59.5 Å². The van der Waals surface area contributed by atoms with Crippen LogP contribution in [0, 0.1) is 5.82 Å². The maximum absolute atomic E-state index is 13.4. The first-order chi connectivity index (χ1) is 18.6. The van der Waals surface area contributed by atoms with Gasteiger partial charge in [0.1, 0.15) is 35.1 Å². The number of benzene rings is 3. The number of morpholine rings is 1. The maximum Gasteiger partial charge on any atom is 0.142 e. The summed E-state index contributed by atoms with van der Waals surface area (Å²) in [5, 5.41) is 4.75. The van der Waals surface area contributed by atoms with Gasteiger partial charge in [0, 0.05) is 29.3 Å². The summed E-state index contributed by atoms with van der Waals surface area (Å²) in [4.78, 5) is 13.4. The van der Waals surface area contributed by atoms with Crippen LogP contribution in [0.4, 0.5) is 21.6 Å². The molecule has 0 bridgehead atoms. The van der Waals surface area contributed by atoms with Gasteiger partial charge in [0.25, 0.3) is 0 Å². The molecule has 0 atom stereocenters. The number of hydrogen-bond acceptors (Lipinski definition) is 7. The molecule has 3 heterocycles. The minimum Gasteiger partial charge on any atom is -0.487 e. The largest absolute Gasteiger partial charge is 0.487 e. The highest BCUT2D eigenvalue weighted by Gasteiger charge is 2.15. The summed E-state index contributed by atoms with van der Waals surface area (Å²) < 4.78 is 24.7. The molecule has 192 valence electrons. The molecule has 5 aromatic rings. The van der Waals surface area contributed by atoms with Crippen molar-refractivity contribution in [2.45, 2.75) is 6.61 Å². The molecule has 6 nitrogen and oxygen atoms in total. The second-order valence-corrected chi connectivity index (χ2v) is 10.3. The number of thiophene rings is 1. The lowest BCUT2D eigenvalue weighted by Gasteiger charge is -2.29. The van der Waals surface area contributed by atoms with Gasteiger partial charge in [0.2, 0.25) is 0 Å². The standard InChI is InChI=1S/C29H24ClFN4O2S/c30-25-15-22(7-8-26(25)37-17-19-3-1-5-21(31)13-19)34-28-24-16-27(38-29(24)33-18-32-28)20-4-2-6-23(14-20)35-9-11-36-12-10-35/h1-8,13-16,18H,9-12,17H2,(H,32,33,34). The van der Waals surface area contributed by atoms with Gasteiger partial charge in [-0.3, -0.25) is 0 Å². The van der Waals surface area contributed by atoms with Crippen molar-refractivity contribution in [3.8, 4) is 16.2 Å². The molecular formula is C29H24ClFN4O2S. The molecule has 1 aliphatic rings. The first kappa shape index (κ1) is 24.6. The van der Waals surface area contributed by atoms with Gasteiger partial charge in [0.05, 0.1) is 23.6 Å². The van der Waals surface area contributed by atoms with E-state index < -0.39 is 0 Å². The molecule has 1 fully saturated rings. The van der Waals surface area contributed by atoms with Crippen molar-refractivity contribution in [3.63, 3.8) is 0 Å². The van der Waals surface area contributed by atoms with Crippen molar-refractivity contribution in [2.24, 2.45) is 0 Å². The van der Waals surface area contributed by atoms with E-state index >= 15 is 0 Å². The van der Waals surface area contributed by atoms with Gasteiger partial charge in [-0.2, -0.15) is 0 Å². The number of rotatable bonds is 7. The van der Waals surface area contributed by atoms with Crippen molar-refractivity contribution in [1.82, 2.24) is 9.97 Å². The number of anilines is 3. The van der Waals surface area contributed by atoms with E-state index in [0.29, 0.717) is 16.6 Å². The monoisotopic (exact) mass is 546 g/mol. The van der Waals surface area contributed by atoms with Crippen LogP contribution in [0.15, 0.2) is 79.1 Å². The van der Waals surface area contributed by atoms with Gasteiger partial charge in [-0.15, -0.1) is 11.3 Å². The molecule has 0 saturated carbocycles. The smallest absolute Gasteiger partial charge is 0.142 e. The minimum atomic E-state index is -0.297. The van der Waals surface area contributed by atoms with Crippen molar-refractivity contribution in [2.75, 3.05) is 36.5 Å². The van der Waals surface area contributed by atoms with E-state index in [1.807, 2.05) is 6.07 Å². The summed E-state index contributed by atoms with van der Waals surface area (Å²) in [5.74, 6) is 0.924. The molecular weight excluding hydrogens is 523 g/mol. The number of nitrogens with one attached hydrogen (secondary N) is 1. The summed E-state index contributed by atoms with van der Waals surface area (Å²) in [6.45, 7) is 3.52. The fourth-order valence-electron chi connectivity index (χ4n) is 4.40. The van der Waals surface area contributed by atoms with E-state index in [2.05, 4.69) is 50.5 Å². The second-order valence-electron chi connectivity index (χ2n) is 8.89. The van der Waals surface area contributed by atoms with Gasteiger partial charge in [-0.25, -0.2) is 14.4 Å². The minimum absolute atomic E-state index is 0.223. The number of fused-ring (bicyclic) bond motifs is 1. The lowest BCUT2D eigenvalue weighted by atomic mass is 10.1. The number of halogens is 2. The highest BCUT2D eigenvalue weighted by molar-refractivity contribution is 7.21. The highest BCUT2D eigenvalue weighted by atomic mass is 35.5. The fourth-order valence-corrected chi connectivity index (χ4v) is 5.63. The molecule has 0 amide bonds. The molecule has 0 spiro atoms. The summed E-state index contributed by atoms with van der Waals surface area (Å²) in [6, 6.07) is 22.5. The quantitative estimate of drug-likeness (QED) is 0.231. The molecule has 0 aliphatic carbocycles. The fraction of sp³-hybridized carbons (Fsp3) is 0.172. The molecule has 3 aromatic carbocycles. The first-order valence-electron chi connectivity index (χ1n) is 12.2. The lowest BCUT2D eigenvalue weighted by molar-refractivity contribution is 0.122. The SMILES string of the molecule is Fc1cccc(COc2ccc(Nc3ncnc4sc(-c5cccc(N6CCOCC6)c5)cc34)cc2Cl)c1. The molecule has 9 heteroatoms.